The Balaban J connectivity index is 1.44. The Morgan fingerprint density at radius 3 is 2.27 bits per heavy atom. The fraction of sp³-hybridized carbons (Fsp3) is 0.619. The van der Waals surface area contributed by atoms with Gasteiger partial charge in [-0.15, -0.1) is 0 Å². The number of hydrogen-bond acceptors (Lipinski definition) is 4. The quantitative estimate of drug-likeness (QED) is 0.784. The molecule has 2 aliphatic heterocycles. The summed E-state index contributed by atoms with van der Waals surface area (Å²) in [7, 11) is 0. The number of rotatable bonds is 5. The van der Waals surface area contributed by atoms with E-state index in [2.05, 4.69) is 17.1 Å². The summed E-state index contributed by atoms with van der Waals surface area (Å²) in [6.07, 6.45) is -3.33. The lowest BCUT2D eigenvalue weighted by atomic mass is 9.95. The fourth-order valence-corrected chi connectivity index (χ4v) is 3.87. The van der Waals surface area contributed by atoms with Crippen LogP contribution >= 0.6 is 0 Å². The molecule has 3 rings (SSSR count). The number of carbonyl (C=O) groups is 2. The normalized spacial score (nSPS) is 20.1. The maximum atomic E-state index is 12.7. The van der Waals surface area contributed by atoms with Gasteiger partial charge in [0.2, 0.25) is 5.91 Å². The van der Waals surface area contributed by atoms with E-state index in [9.17, 15) is 22.8 Å². The van der Waals surface area contributed by atoms with Crippen LogP contribution in [0.3, 0.4) is 0 Å². The monoisotopic (exact) mass is 427 g/mol. The highest BCUT2D eigenvalue weighted by atomic mass is 19.4. The molecule has 166 valence electrons. The van der Waals surface area contributed by atoms with E-state index < -0.39 is 11.7 Å². The molecule has 0 aliphatic carbocycles. The van der Waals surface area contributed by atoms with Gasteiger partial charge in [0.1, 0.15) is 0 Å². The van der Waals surface area contributed by atoms with E-state index in [1.807, 2.05) is 0 Å². The first-order valence-corrected chi connectivity index (χ1v) is 10.3. The van der Waals surface area contributed by atoms with E-state index in [0.717, 1.165) is 25.2 Å². The lowest BCUT2D eigenvalue weighted by Gasteiger charge is -2.34. The van der Waals surface area contributed by atoms with Crippen molar-refractivity contribution in [2.24, 2.45) is 5.92 Å². The van der Waals surface area contributed by atoms with Gasteiger partial charge < -0.3 is 15.0 Å². The summed E-state index contributed by atoms with van der Waals surface area (Å²) < 4.78 is 43.4. The summed E-state index contributed by atoms with van der Waals surface area (Å²) in [5.41, 5.74) is -0.550. The van der Waals surface area contributed by atoms with Crippen LogP contribution in [0.1, 0.15) is 35.7 Å². The SMILES string of the molecule is CC(CNC(=O)C1CCN(C(=O)c2ccc(C(F)(F)F)cc2)CC1)N1CCOCC1. The molecule has 1 aromatic carbocycles. The second kappa shape index (κ2) is 9.78. The zero-order valence-corrected chi connectivity index (χ0v) is 17.1. The van der Waals surface area contributed by atoms with Crippen LogP contribution < -0.4 is 5.32 Å². The summed E-state index contributed by atoms with van der Waals surface area (Å²) in [4.78, 5) is 28.9. The minimum Gasteiger partial charge on any atom is -0.379 e. The lowest BCUT2D eigenvalue weighted by Crippen LogP contribution is -2.49. The second-order valence-corrected chi connectivity index (χ2v) is 7.88. The molecular formula is C21H28F3N3O3. The Morgan fingerprint density at radius 2 is 1.70 bits per heavy atom. The van der Waals surface area contributed by atoms with Crippen molar-refractivity contribution < 1.29 is 27.5 Å². The second-order valence-electron chi connectivity index (χ2n) is 7.88. The summed E-state index contributed by atoms with van der Waals surface area (Å²) in [6, 6.07) is 4.49. The molecule has 30 heavy (non-hydrogen) atoms. The van der Waals surface area contributed by atoms with E-state index in [1.165, 1.54) is 12.1 Å². The van der Waals surface area contributed by atoms with Gasteiger partial charge >= 0.3 is 6.18 Å². The predicted molar refractivity (Wildman–Crippen MR) is 105 cm³/mol. The van der Waals surface area contributed by atoms with Crippen LogP contribution in [0.5, 0.6) is 0 Å². The van der Waals surface area contributed by atoms with E-state index >= 15 is 0 Å². The molecule has 0 bridgehead atoms. The number of ether oxygens (including phenoxy) is 1. The summed E-state index contributed by atoms with van der Waals surface area (Å²) >= 11 is 0. The average molecular weight is 427 g/mol. The van der Waals surface area contributed by atoms with Crippen LogP contribution in [-0.4, -0.2) is 73.6 Å². The van der Waals surface area contributed by atoms with Crippen LogP contribution in [0.15, 0.2) is 24.3 Å². The third-order valence-corrected chi connectivity index (χ3v) is 5.85. The van der Waals surface area contributed by atoms with Crippen LogP contribution in [0.25, 0.3) is 0 Å². The van der Waals surface area contributed by atoms with Crippen molar-refractivity contribution in [3.05, 3.63) is 35.4 Å². The number of likely N-dealkylation sites (tertiary alicyclic amines) is 1. The van der Waals surface area contributed by atoms with Crippen molar-refractivity contribution >= 4 is 11.8 Å². The van der Waals surface area contributed by atoms with Crippen molar-refractivity contribution in [3.8, 4) is 0 Å². The molecule has 2 heterocycles. The number of piperidine rings is 1. The zero-order valence-electron chi connectivity index (χ0n) is 17.1. The maximum absolute atomic E-state index is 12.7. The Labute approximate surface area is 174 Å². The topological polar surface area (TPSA) is 61.9 Å². The van der Waals surface area contributed by atoms with E-state index in [4.69, 9.17) is 4.74 Å². The number of amides is 2. The molecule has 0 spiro atoms. The Hall–Kier alpha value is -2.13. The smallest absolute Gasteiger partial charge is 0.379 e. The number of morpholine rings is 1. The minimum absolute atomic E-state index is 0.00302. The molecule has 1 atom stereocenters. The Kier molecular flexibility index (Phi) is 7.36. The molecular weight excluding hydrogens is 399 g/mol. The molecule has 0 radical (unpaired) electrons. The van der Waals surface area contributed by atoms with E-state index in [-0.39, 0.29) is 29.3 Å². The van der Waals surface area contributed by atoms with Crippen molar-refractivity contribution in [2.75, 3.05) is 45.9 Å². The number of hydrogen-bond donors (Lipinski definition) is 1. The van der Waals surface area contributed by atoms with Crippen LogP contribution in [0.2, 0.25) is 0 Å². The van der Waals surface area contributed by atoms with Gasteiger partial charge in [0.15, 0.2) is 0 Å². The van der Waals surface area contributed by atoms with Crippen molar-refractivity contribution in [2.45, 2.75) is 32.0 Å². The molecule has 1 N–H and O–H groups in total. The summed E-state index contributed by atoms with van der Waals surface area (Å²) in [6.45, 7) is 6.63. The highest BCUT2D eigenvalue weighted by molar-refractivity contribution is 5.94. The Morgan fingerprint density at radius 1 is 1.10 bits per heavy atom. The predicted octanol–water partition coefficient (Wildman–Crippen LogP) is 2.39. The minimum atomic E-state index is -4.42. The molecule has 2 fully saturated rings. The van der Waals surface area contributed by atoms with Crippen molar-refractivity contribution in [1.29, 1.82) is 0 Å². The highest BCUT2D eigenvalue weighted by Gasteiger charge is 2.31. The van der Waals surface area contributed by atoms with Gasteiger partial charge in [-0.05, 0) is 44.0 Å². The fourth-order valence-electron chi connectivity index (χ4n) is 3.87. The van der Waals surface area contributed by atoms with Gasteiger partial charge in [0.05, 0.1) is 18.8 Å². The van der Waals surface area contributed by atoms with Gasteiger partial charge in [-0.25, -0.2) is 0 Å². The van der Waals surface area contributed by atoms with Gasteiger partial charge in [0.25, 0.3) is 5.91 Å². The average Bonchev–Trinajstić information content (AvgIpc) is 2.77. The first kappa shape index (κ1) is 22.6. The van der Waals surface area contributed by atoms with Crippen molar-refractivity contribution in [1.82, 2.24) is 15.1 Å². The standard InChI is InChI=1S/C21H28F3N3O3/c1-15(26-10-12-30-13-11-26)14-25-19(28)16-6-8-27(9-7-16)20(29)17-2-4-18(5-3-17)21(22,23)24/h2-5,15-16H,6-14H2,1H3,(H,25,28). The molecule has 0 aromatic heterocycles. The molecule has 2 saturated heterocycles. The zero-order chi connectivity index (χ0) is 21.7. The molecule has 6 nitrogen and oxygen atoms in total. The molecule has 1 aromatic rings. The van der Waals surface area contributed by atoms with Crippen LogP contribution in [-0.2, 0) is 15.7 Å². The number of halogens is 3. The molecule has 9 heteroatoms. The first-order valence-electron chi connectivity index (χ1n) is 10.3. The molecule has 1 unspecified atom stereocenters. The van der Waals surface area contributed by atoms with Crippen LogP contribution in [0, 0.1) is 5.92 Å². The van der Waals surface area contributed by atoms with Crippen LogP contribution in [0.4, 0.5) is 13.2 Å². The molecule has 2 aliphatic rings. The number of carbonyl (C=O) groups excluding carboxylic acids is 2. The summed E-state index contributed by atoms with van der Waals surface area (Å²) in [5, 5.41) is 3.01. The lowest BCUT2D eigenvalue weighted by molar-refractivity contribution is -0.137. The van der Waals surface area contributed by atoms with E-state index in [1.54, 1.807) is 4.90 Å². The number of nitrogens with zero attached hydrogens (tertiary/aromatic N) is 2. The van der Waals surface area contributed by atoms with Gasteiger partial charge in [0, 0.05) is 50.2 Å². The number of benzene rings is 1. The highest BCUT2D eigenvalue weighted by Crippen LogP contribution is 2.29. The van der Waals surface area contributed by atoms with Gasteiger partial charge in [-0.3, -0.25) is 14.5 Å². The Bertz CT molecular complexity index is 725. The third-order valence-electron chi connectivity index (χ3n) is 5.85. The summed E-state index contributed by atoms with van der Waals surface area (Å²) in [5.74, 6) is -0.459. The largest absolute Gasteiger partial charge is 0.416 e. The van der Waals surface area contributed by atoms with E-state index in [0.29, 0.717) is 45.7 Å². The van der Waals surface area contributed by atoms with Gasteiger partial charge in [-0.2, -0.15) is 13.2 Å². The van der Waals surface area contributed by atoms with Crippen molar-refractivity contribution in [3.63, 3.8) is 0 Å². The maximum Gasteiger partial charge on any atom is 0.416 e. The van der Waals surface area contributed by atoms with Gasteiger partial charge in [-0.1, -0.05) is 0 Å². The third kappa shape index (κ3) is 5.72. The first-order chi connectivity index (χ1) is 14.3. The number of alkyl halides is 3. The molecule has 0 saturated carbocycles. The molecule has 2 amide bonds. The number of nitrogens with one attached hydrogen (secondary N) is 1.